The summed E-state index contributed by atoms with van der Waals surface area (Å²) in [5.41, 5.74) is 2.59. The van der Waals surface area contributed by atoms with Gasteiger partial charge in [0.1, 0.15) is 11.3 Å². The number of nitrogens with one attached hydrogen (secondary N) is 2. The highest BCUT2D eigenvalue weighted by atomic mass is 16.5. The predicted molar refractivity (Wildman–Crippen MR) is 145 cm³/mol. The normalized spacial score (nSPS) is 14.7. The van der Waals surface area contributed by atoms with E-state index in [9.17, 15) is 9.59 Å². The van der Waals surface area contributed by atoms with Gasteiger partial charge in [-0.1, -0.05) is 12.2 Å². The van der Waals surface area contributed by atoms with Crippen LogP contribution in [0.5, 0.6) is 11.5 Å². The molecule has 1 aliphatic heterocycles. The standard InChI is InChI=1S/C27H34N6O4/c1-6-7-19-23-21(33(3)26(35)24(19)37-5)16-29-27(31-23)30-20-9-8-18(14-22(20)36-4)25(34)28-15-17-10-12-32(2)13-11-17/h6-9,14,16-17H,10-13,15H2,1-5H3,(H,28,34)(H,29,30,31)/b7-6+. The Morgan fingerprint density at radius 1 is 1.19 bits per heavy atom. The molecule has 0 saturated carbocycles. The van der Waals surface area contributed by atoms with Crippen LogP contribution in [0, 0.1) is 5.92 Å². The van der Waals surface area contributed by atoms with Crippen LogP contribution in [-0.4, -0.2) is 66.2 Å². The molecule has 2 aromatic heterocycles. The Labute approximate surface area is 216 Å². The number of fused-ring (bicyclic) bond motifs is 1. The minimum Gasteiger partial charge on any atom is -0.495 e. The maximum Gasteiger partial charge on any atom is 0.293 e. The number of pyridine rings is 1. The Bertz CT molecular complexity index is 1380. The number of anilines is 2. The molecule has 10 heteroatoms. The van der Waals surface area contributed by atoms with E-state index >= 15 is 0 Å². The van der Waals surface area contributed by atoms with Crippen LogP contribution in [0.1, 0.15) is 35.7 Å². The van der Waals surface area contributed by atoms with Gasteiger partial charge in [-0.3, -0.25) is 9.59 Å². The number of hydrogen-bond acceptors (Lipinski definition) is 8. The maximum absolute atomic E-state index is 12.8. The van der Waals surface area contributed by atoms with E-state index < -0.39 is 0 Å². The minimum absolute atomic E-state index is 0.130. The highest BCUT2D eigenvalue weighted by molar-refractivity contribution is 5.95. The van der Waals surface area contributed by atoms with Gasteiger partial charge in [0.05, 0.1) is 37.2 Å². The number of carbonyl (C=O) groups excluding carboxylic acids is 1. The lowest BCUT2D eigenvalue weighted by Gasteiger charge is -2.28. The highest BCUT2D eigenvalue weighted by Gasteiger charge is 2.19. The molecular formula is C27H34N6O4. The SMILES string of the molecule is C/C=C/c1c(OC)c(=O)n(C)c2cnc(Nc3ccc(C(=O)NCC4CCN(C)CC4)cc3OC)nc12. The molecular weight excluding hydrogens is 472 g/mol. The van der Waals surface area contributed by atoms with E-state index in [0.29, 0.717) is 52.0 Å². The fourth-order valence-corrected chi connectivity index (χ4v) is 4.54. The van der Waals surface area contributed by atoms with Gasteiger partial charge >= 0.3 is 0 Å². The van der Waals surface area contributed by atoms with Gasteiger partial charge in [-0.15, -0.1) is 0 Å². The van der Waals surface area contributed by atoms with Gasteiger partial charge in [-0.25, -0.2) is 9.97 Å². The molecule has 1 aliphatic rings. The number of carbonyl (C=O) groups is 1. The number of likely N-dealkylation sites (tertiary alicyclic amines) is 1. The predicted octanol–water partition coefficient (Wildman–Crippen LogP) is 3.19. The van der Waals surface area contributed by atoms with Gasteiger partial charge < -0.3 is 29.6 Å². The van der Waals surface area contributed by atoms with Crippen molar-refractivity contribution < 1.29 is 14.3 Å². The molecule has 37 heavy (non-hydrogen) atoms. The Morgan fingerprint density at radius 2 is 1.95 bits per heavy atom. The Hall–Kier alpha value is -3.92. The highest BCUT2D eigenvalue weighted by Crippen LogP contribution is 2.30. The zero-order valence-electron chi connectivity index (χ0n) is 22.0. The van der Waals surface area contributed by atoms with Crippen LogP contribution < -0.4 is 25.7 Å². The largest absolute Gasteiger partial charge is 0.495 e. The van der Waals surface area contributed by atoms with Crippen molar-refractivity contribution in [2.24, 2.45) is 13.0 Å². The van der Waals surface area contributed by atoms with Crippen molar-refractivity contribution in [1.82, 2.24) is 24.8 Å². The summed E-state index contributed by atoms with van der Waals surface area (Å²) < 4.78 is 12.4. The van der Waals surface area contributed by atoms with Gasteiger partial charge in [0, 0.05) is 19.2 Å². The Balaban J connectivity index is 1.57. The monoisotopic (exact) mass is 506 g/mol. The van der Waals surface area contributed by atoms with Crippen LogP contribution in [0.25, 0.3) is 17.1 Å². The van der Waals surface area contributed by atoms with Gasteiger partial charge in [0.2, 0.25) is 5.95 Å². The molecule has 1 saturated heterocycles. The van der Waals surface area contributed by atoms with E-state index in [1.54, 1.807) is 44.6 Å². The van der Waals surface area contributed by atoms with Crippen LogP contribution in [0.2, 0.25) is 0 Å². The van der Waals surface area contributed by atoms with Crippen LogP contribution in [0.3, 0.4) is 0 Å². The number of nitrogens with zero attached hydrogens (tertiary/aromatic N) is 4. The number of hydrogen-bond donors (Lipinski definition) is 2. The Morgan fingerprint density at radius 3 is 2.62 bits per heavy atom. The summed E-state index contributed by atoms with van der Waals surface area (Å²) in [5, 5.41) is 6.23. The van der Waals surface area contributed by atoms with E-state index in [1.165, 1.54) is 11.7 Å². The summed E-state index contributed by atoms with van der Waals surface area (Å²) in [6.45, 7) is 4.65. The van der Waals surface area contributed by atoms with Crippen molar-refractivity contribution in [3.05, 3.63) is 52.0 Å². The van der Waals surface area contributed by atoms with Crippen molar-refractivity contribution in [1.29, 1.82) is 0 Å². The number of ether oxygens (including phenoxy) is 2. The lowest BCUT2D eigenvalue weighted by atomic mass is 9.97. The second kappa shape index (κ2) is 11.4. The molecule has 3 aromatic rings. The van der Waals surface area contributed by atoms with Crippen molar-refractivity contribution >= 4 is 34.7 Å². The third kappa shape index (κ3) is 5.59. The first-order valence-corrected chi connectivity index (χ1v) is 12.3. The van der Waals surface area contributed by atoms with Crippen molar-refractivity contribution in [3.63, 3.8) is 0 Å². The molecule has 10 nitrogen and oxygen atoms in total. The van der Waals surface area contributed by atoms with Crippen LogP contribution in [0.15, 0.2) is 35.3 Å². The first-order chi connectivity index (χ1) is 17.9. The summed E-state index contributed by atoms with van der Waals surface area (Å²) in [6.07, 6.45) is 7.38. The van der Waals surface area contributed by atoms with Gasteiger partial charge in [-0.2, -0.15) is 0 Å². The number of aryl methyl sites for hydroxylation is 1. The quantitative estimate of drug-likeness (QED) is 0.479. The van der Waals surface area contributed by atoms with E-state index in [2.05, 4.69) is 32.5 Å². The van der Waals surface area contributed by atoms with E-state index in [0.717, 1.165) is 25.9 Å². The Kier molecular flexibility index (Phi) is 8.08. The molecule has 196 valence electrons. The third-order valence-electron chi connectivity index (χ3n) is 6.77. The minimum atomic E-state index is -0.265. The molecule has 0 radical (unpaired) electrons. The summed E-state index contributed by atoms with van der Waals surface area (Å²) >= 11 is 0. The van der Waals surface area contributed by atoms with E-state index in [1.807, 2.05) is 13.0 Å². The first kappa shape index (κ1) is 26.2. The topological polar surface area (TPSA) is 111 Å². The van der Waals surface area contributed by atoms with Gasteiger partial charge in [-0.05, 0) is 64.0 Å². The number of benzene rings is 1. The first-order valence-electron chi connectivity index (χ1n) is 12.3. The van der Waals surface area contributed by atoms with Crippen molar-refractivity contribution in [3.8, 4) is 11.5 Å². The molecule has 1 aromatic carbocycles. The molecule has 0 unspecified atom stereocenters. The molecule has 2 N–H and O–H groups in total. The number of methoxy groups -OCH3 is 2. The van der Waals surface area contributed by atoms with Crippen LogP contribution >= 0.6 is 0 Å². The summed E-state index contributed by atoms with van der Waals surface area (Å²) in [5.74, 6) is 1.39. The molecule has 1 amide bonds. The van der Waals surface area contributed by atoms with E-state index in [-0.39, 0.29) is 17.2 Å². The summed E-state index contributed by atoms with van der Waals surface area (Å²) in [4.78, 5) is 36.8. The number of rotatable bonds is 8. The molecule has 4 rings (SSSR count). The number of allylic oxidation sites excluding steroid dienone is 1. The lowest BCUT2D eigenvalue weighted by Crippen LogP contribution is -2.36. The fourth-order valence-electron chi connectivity index (χ4n) is 4.54. The maximum atomic E-state index is 12.8. The van der Waals surface area contributed by atoms with Crippen LogP contribution in [0.4, 0.5) is 11.6 Å². The van der Waals surface area contributed by atoms with Gasteiger partial charge in [0.15, 0.2) is 5.75 Å². The molecule has 0 aliphatic carbocycles. The smallest absolute Gasteiger partial charge is 0.293 e. The molecule has 0 atom stereocenters. The van der Waals surface area contributed by atoms with Gasteiger partial charge in [0.25, 0.3) is 11.5 Å². The van der Waals surface area contributed by atoms with Crippen molar-refractivity contribution in [2.75, 3.05) is 46.2 Å². The summed E-state index contributed by atoms with van der Waals surface area (Å²) in [6, 6.07) is 5.21. The molecule has 3 heterocycles. The summed E-state index contributed by atoms with van der Waals surface area (Å²) in [7, 11) is 6.79. The van der Waals surface area contributed by atoms with Crippen molar-refractivity contribution in [2.45, 2.75) is 19.8 Å². The second-order valence-electron chi connectivity index (χ2n) is 9.24. The molecule has 0 bridgehead atoms. The zero-order valence-corrected chi connectivity index (χ0v) is 22.0. The zero-order chi connectivity index (χ0) is 26.5. The molecule has 1 fully saturated rings. The second-order valence-corrected chi connectivity index (χ2v) is 9.24. The fraction of sp³-hybridized carbons (Fsp3) is 0.407. The third-order valence-corrected chi connectivity index (χ3v) is 6.77. The van der Waals surface area contributed by atoms with Crippen LogP contribution in [-0.2, 0) is 7.05 Å². The number of amides is 1. The number of piperidine rings is 1. The molecule has 0 spiro atoms. The van der Waals surface area contributed by atoms with E-state index in [4.69, 9.17) is 9.47 Å². The average molecular weight is 507 g/mol. The lowest BCUT2D eigenvalue weighted by molar-refractivity contribution is 0.0938. The average Bonchev–Trinajstić information content (AvgIpc) is 2.91. The number of aromatic nitrogens is 3.